The average molecular weight is 308 g/mol. The van der Waals surface area contributed by atoms with E-state index in [4.69, 9.17) is 4.98 Å². The minimum atomic E-state index is 0.554. The van der Waals surface area contributed by atoms with Crippen molar-refractivity contribution in [3.8, 4) is 0 Å². The van der Waals surface area contributed by atoms with Crippen LogP contribution in [-0.2, 0) is 6.54 Å². The highest BCUT2D eigenvalue weighted by molar-refractivity contribution is 7.09. The lowest BCUT2D eigenvalue weighted by Gasteiger charge is -2.37. The Bertz CT molecular complexity index is 445. The van der Waals surface area contributed by atoms with Crippen LogP contribution in [-0.4, -0.2) is 34.6 Å². The van der Waals surface area contributed by atoms with Gasteiger partial charge in [-0.15, -0.1) is 11.3 Å². The van der Waals surface area contributed by atoms with Crippen LogP contribution in [0.25, 0.3) is 0 Å². The molecule has 2 aliphatic heterocycles. The van der Waals surface area contributed by atoms with Gasteiger partial charge in [-0.2, -0.15) is 0 Å². The molecule has 2 saturated heterocycles. The Morgan fingerprint density at radius 3 is 2.62 bits per heavy atom. The van der Waals surface area contributed by atoms with Gasteiger partial charge < -0.3 is 5.32 Å². The van der Waals surface area contributed by atoms with Crippen LogP contribution in [0.5, 0.6) is 0 Å². The average Bonchev–Trinajstić information content (AvgIpc) is 3.05. The molecule has 3 heterocycles. The topological polar surface area (TPSA) is 28.2 Å². The second-order valence-corrected chi connectivity index (χ2v) is 7.96. The van der Waals surface area contributed by atoms with Crippen molar-refractivity contribution in [2.45, 2.75) is 83.5 Å². The van der Waals surface area contributed by atoms with Crippen LogP contribution in [0.3, 0.4) is 0 Å². The first kappa shape index (κ1) is 15.4. The van der Waals surface area contributed by atoms with Crippen molar-refractivity contribution in [2.75, 3.05) is 6.54 Å². The van der Waals surface area contributed by atoms with Gasteiger partial charge in [0.2, 0.25) is 0 Å². The SMILES string of the molecule is CCCN(Cc1csc(C(C)C)n1)C1CC2CCC(C1)N2. The fourth-order valence-corrected chi connectivity index (χ4v) is 4.70. The molecule has 1 aromatic rings. The third kappa shape index (κ3) is 3.66. The molecule has 0 aliphatic carbocycles. The second-order valence-electron chi connectivity index (χ2n) is 7.07. The number of piperidine rings is 1. The molecule has 0 radical (unpaired) electrons. The van der Waals surface area contributed by atoms with Gasteiger partial charge in [0.05, 0.1) is 10.7 Å². The molecule has 4 heteroatoms. The van der Waals surface area contributed by atoms with Crippen LogP contribution in [0.2, 0.25) is 0 Å². The van der Waals surface area contributed by atoms with Gasteiger partial charge in [-0.05, 0) is 38.6 Å². The smallest absolute Gasteiger partial charge is 0.0954 e. The van der Waals surface area contributed by atoms with Gasteiger partial charge in [-0.1, -0.05) is 20.8 Å². The molecule has 3 rings (SSSR count). The number of aromatic nitrogens is 1. The van der Waals surface area contributed by atoms with Gasteiger partial charge >= 0.3 is 0 Å². The van der Waals surface area contributed by atoms with Crippen molar-refractivity contribution >= 4 is 11.3 Å². The highest BCUT2D eigenvalue weighted by atomic mass is 32.1. The zero-order valence-corrected chi connectivity index (χ0v) is 14.5. The molecule has 0 saturated carbocycles. The lowest BCUT2D eigenvalue weighted by Crippen LogP contribution is -2.48. The summed E-state index contributed by atoms with van der Waals surface area (Å²) in [5, 5.41) is 7.32. The molecule has 2 aliphatic rings. The van der Waals surface area contributed by atoms with Crippen molar-refractivity contribution in [3.05, 3.63) is 16.1 Å². The van der Waals surface area contributed by atoms with E-state index in [0.717, 1.165) is 24.7 Å². The highest BCUT2D eigenvalue weighted by Crippen LogP contribution is 2.31. The molecule has 3 nitrogen and oxygen atoms in total. The Morgan fingerprint density at radius 1 is 1.33 bits per heavy atom. The van der Waals surface area contributed by atoms with E-state index in [0.29, 0.717) is 5.92 Å². The van der Waals surface area contributed by atoms with E-state index in [1.807, 2.05) is 11.3 Å². The van der Waals surface area contributed by atoms with E-state index in [2.05, 4.69) is 36.4 Å². The molecule has 0 spiro atoms. The Hall–Kier alpha value is -0.450. The first-order valence-electron chi connectivity index (χ1n) is 8.60. The van der Waals surface area contributed by atoms with Gasteiger partial charge in [-0.25, -0.2) is 4.98 Å². The van der Waals surface area contributed by atoms with Crippen LogP contribution in [0.1, 0.15) is 69.5 Å². The predicted octanol–water partition coefficient (Wildman–Crippen LogP) is 3.76. The van der Waals surface area contributed by atoms with Gasteiger partial charge in [0.15, 0.2) is 0 Å². The Morgan fingerprint density at radius 2 is 2.05 bits per heavy atom. The van der Waals surface area contributed by atoms with E-state index in [1.54, 1.807) is 0 Å². The summed E-state index contributed by atoms with van der Waals surface area (Å²) in [4.78, 5) is 7.54. The Kier molecular flexibility index (Phi) is 4.97. The van der Waals surface area contributed by atoms with Gasteiger partial charge in [0.1, 0.15) is 0 Å². The number of thiazole rings is 1. The molecule has 2 bridgehead atoms. The van der Waals surface area contributed by atoms with Gasteiger partial charge in [-0.3, -0.25) is 4.90 Å². The number of nitrogens with zero attached hydrogens (tertiary/aromatic N) is 2. The normalized spacial score (nSPS) is 28.7. The van der Waals surface area contributed by atoms with Crippen molar-refractivity contribution in [1.82, 2.24) is 15.2 Å². The second kappa shape index (κ2) is 6.76. The van der Waals surface area contributed by atoms with Gasteiger partial charge in [0.25, 0.3) is 0 Å². The van der Waals surface area contributed by atoms with Crippen LogP contribution in [0.15, 0.2) is 5.38 Å². The Labute approximate surface area is 133 Å². The maximum Gasteiger partial charge on any atom is 0.0954 e. The number of fused-ring (bicyclic) bond motifs is 2. The summed E-state index contributed by atoms with van der Waals surface area (Å²) in [6.45, 7) is 9.01. The number of hydrogen-bond acceptors (Lipinski definition) is 4. The summed E-state index contributed by atoms with van der Waals surface area (Å²) in [7, 11) is 0. The van der Waals surface area contributed by atoms with Crippen molar-refractivity contribution < 1.29 is 0 Å². The van der Waals surface area contributed by atoms with Crippen molar-refractivity contribution in [2.24, 2.45) is 0 Å². The largest absolute Gasteiger partial charge is 0.311 e. The summed E-state index contributed by atoms with van der Waals surface area (Å²) >= 11 is 1.83. The van der Waals surface area contributed by atoms with E-state index in [-0.39, 0.29) is 0 Å². The lowest BCUT2D eigenvalue weighted by molar-refractivity contribution is 0.132. The summed E-state index contributed by atoms with van der Waals surface area (Å²) in [5.74, 6) is 0.554. The summed E-state index contributed by atoms with van der Waals surface area (Å²) < 4.78 is 0. The molecule has 0 amide bonds. The molecule has 0 aromatic carbocycles. The van der Waals surface area contributed by atoms with E-state index in [9.17, 15) is 0 Å². The highest BCUT2D eigenvalue weighted by Gasteiger charge is 2.35. The predicted molar refractivity (Wildman–Crippen MR) is 89.9 cm³/mol. The molecule has 21 heavy (non-hydrogen) atoms. The Balaban J connectivity index is 1.66. The standard InChI is InChI=1S/C17H29N3S/c1-4-7-20(10-15-11-21-17(19-15)12(2)3)16-8-13-5-6-14(9-16)18-13/h11-14,16,18H,4-10H2,1-3H3. The molecule has 2 fully saturated rings. The van der Waals surface area contributed by atoms with E-state index >= 15 is 0 Å². The number of hydrogen-bond donors (Lipinski definition) is 1. The maximum absolute atomic E-state index is 4.84. The van der Waals surface area contributed by atoms with Crippen LogP contribution < -0.4 is 5.32 Å². The minimum absolute atomic E-state index is 0.554. The minimum Gasteiger partial charge on any atom is -0.311 e. The molecular formula is C17H29N3S. The number of rotatable bonds is 6. The molecule has 1 N–H and O–H groups in total. The molecular weight excluding hydrogens is 278 g/mol. The summed E-state index contributed by atoms with van der Waals surface area (Å²) in [6, 6.07) is 2.30. The lowest BCUT2D eigenvalue weighted by atomic mass is 9.98. The third-order valence-corrected chi connectivity index (χ3v) is 6.10. The summed E-state index contributed by atoms with van der Waals surface area (Å²) in [6.07, 6.45) is 6.67. The fraction of sp³-hybridized carbons (Fsp3) is 0.824. The fourth-order valence-electron chi connectivity index (χ4n) is 3.87. The van der Waals surface area contributed by atoms with Crippen molar-refractivity contribution in [3.63, 3.8) is 0 Å². The molecule has 1 aromatic heterocycles. The molecule has 118 valence electrons. The summed E-state index contributed by atoms with van der Waals surface area (Å²) in [5.41, 5.74) is 1.28. The van der Waals surface area contributed by atoms with Crippen LogP contribution in [0, 0.1) is 0 Å². The van der Waals surface area contributed by atoms with Crippen LogP contribution >= 0.6 is 11.3 Å². The quantitative estimate of drug-likeness (QED) is 0.867. The first-order chi connectivity index (χ1) is 10.2. The monoisotopic (exact) mass is 307 g/mol. The van der Waals surface area contributed by atoms with Gasteiger partial charge in [0, 0.05) is 36.0 Å². The van der Waals surface area contributed by atoms with E-state index < -0.39 is 0 Å². The molecule has 2 unspecified atom stereocenters. The zero-order chi connectivity index (χ0) is 14.8. The molecule has 2 atom stereocenters. The maximum atomic E-state index is 4.84. The first-order valence-corrected chi connectivity index (χ1v) is 9.48. The zero-order valence-electron chi connectivity index (χ0n) is 13.6. The van der Waals surface area contributed by atoms with Crippen molar-refractivity contribution in [1.29, 1.82) is 0 Å². The number of nitrogens with one attached hydrogen (secondary N) is 1. The van der Waals surface area contributed by atoms with Crippen LogP contribution in [0.4, 0.5) is 0 Å². The third-order valence-electron chi connectivity index (χ3n) is 4.90. The van der Waals surface area contributed by atoms with E-state index in [1.165, 1.54) is 49.4 Å².